The Balaban J connectivity index is 0.00000456. The fourth-order valence-electron chi connectivity index (χ4n) is 3.36. The van der Waals surface area contributed by atoms with E-state index in [1.807, 2.05) is 20.8 Å². The Hall–Kier alpha value is -3.34. The largest absolute Gasteiger partial charge is 0.491 e. The van der Waals surface area contributed by atoms with Crippen molar-refractivity contribution < 1.29 is 14.6 Å². The van der Waals surface area contributed by atoms with E-state index in [-0.39, 0.29) is 43.6 Å². The topological polar surface area (TPSA) is 145 Å². The second kappa shape index (κ2) is 12.6. The van der Waals surface area contributed by atoms with Gasteiger partial charge in [-0.1, -0.05) is 23.7 Å². The van der Waals surface area contributed by atoms with E-state index < -0.39 is 23.4 Å². The Kier molecular flexibility index (Phi) is 10.1. The summed E-state index contributed by atoms with van der Waals surface area (Å²) in [5.74, 6) is -0.498. The molecule has 0 saturated carbocycles. The zero-order valence-electron chi connectivity index (χ0n) is 20.1. The van der Waals surface area contributed by atoms with Crippen LogP contribution in [0, 0.1) is 6.92 Å². The number of halogens is 2. The molecule has 36 heavy (non-hydrogen) atoms. The quantitative estimate of drug-likeness (QED) is 0.382. The second-order valence-electron chi connectivity index (χ2n) is 8.36. The van der Waals surface area contributed by atoms with Gasteiger partial charge in [0, 0.05) is 11.6 Å². The van der Waals surface area contributed by atoms with Crippen molar-refractivity contribution in [1.82, 2.24) is 14.1 Å². The van der Waals surface area contributed by atoms with Crippen LogP contribution in [0.3, 0.4) is 0 Å². The van der Waals surface area contributed by atoms with Gasteiger partial charge < -0.3 is 15.6 Å². The fraction of sp³-hybridized carbons (Fsp3) is 0.333. The predicted octanol–water partition coefficient (Wildman–Crippen LogP) is 2.59. The number of aliphatic carboxylic acids is 1. The molecule has 0 aliphatic heterocycles. The Morgan fingerprint density at radius 1 is 1.17 bits per heavy atom. The van der Waals surface area contributed by atoms with Crippen LogP contribution in [-0.4, -0.2) is 37.3 Å². The van der Waals surface area contributed by atoms with E-state index in [9.17, 15) is 14.4 Å². The van der Waals surface area contributed by atoms with E-state index in [2.05, 4.69) is 9.98 Å². The normalized spacial score (nSPS) is 12.3. The number of nitrogens with two attached hydrogens (primary N) is 1. The summed E-state index contributed by atoms with van der Waals surface area (Å²) in [6.45, 7) is 5.68. The minimum absolute atomic E-state index is 0. The van der Waals surface area contributed by atoms with Gasteiger partial charge in [0.15, 0.2) is 0 Å². The molecule has 2 aromatic carbocycles. The number of H-pyrrole nitrogens is 1. The number of nitrogens with zero attached hydrogens (tertiary/aromatic N) is 3. The molecule has 0 unspecified atom stereocenters. The van der Waals surface area contributed by atoms with E-state index in [0.717, 1.165) is 15.7 Å². The number of carboxylic acid groups (broad SMARTS) is 1. The van der Waals surface area contributed by atoms with E-state index in [4.69, 9.17) is 27.2 Å². The van der Waals surface area contributed by atoms with Crippen LogP contribution in [0.4, 0.5) is 5.69 Å². The van der Waals surface area contributed by atoms with Gasteiger partial charge in [0.25, 0.3) is 0 Å². The highest BCUT2D eigenvalue weighted by molar-refractivity contribution is 6.30. The molecule has 3 rings (SSSR count). The molecule has 194 valence electrons. The molecular formula is C24H29Cl2N5O5. The van der Waals surface area contributed by atoms with Gasteiger partial charge in [-0.25, -0.2) is 19.1 Å². The van der Waals surface area contributed by atoms with E-state index in [1.165, 1.54) is 4.57 Å². The lowest BCUT2D eigenvalue weighted by atomic mass is 10.2. The van der Waals surface area contributed by atoms with Crippen LogP contribution >= 0.6 is 24.0 Å². The van der Waals surface area contributed by atoms with Crippen LogP contribution in [0.2, 0.25) is 5.02 Å². The third-order valence-electron chi connectivity index (χ3n) is 5.17. The highest BCUT2D eigenvalue weighted by Crippen LogP contribution is 2.24. The average Bonchev–Trinajstić information content (AvgIpc) is 2.78. The molecule has 4 N–H and O–H groups in total. The number of rotatable bonds is 9. The maximum Gasteiger partial charge on any atom is 0.335 e. The van der Waals surface area contributed by atoms with Crippen LogP contribution in [0.5, 0.6) is 5.75 Å². The molecule has 3 aromatic rings. The summed E-state index contributed by atoms with van der Waals surface area (Å²) in [5, 5.41) is 9.58. The van der Waals surface area contributed by atoms with Gasteiger partial charge in [-0.05, 0) is 68.7 Å². The Bertz CT molecular complexity index is 1390. The van der Waals surface area contributed by atoms with Crippen molar-refractivity contribution in [3.05, 3.63) is 85.2 Å². The first-order valence-electron chi connectivity index (χ1n) is 11.0. The third kappa shape index (κ3) is 7.33. The first-order chi connectivity index (χ1) is 16.5. The summed E-state index contributed by atoms with van der Waals surface area (Å²) in [6, 6.07) is 11.0. The molecule has 12 heteroatoms. The zero-order valence-corrected chi connectivity index (χ0v) is 21.7. The Morgan fingerprint density at radius 3 is 2.42 bits per heavy atom. The van der Waals surface area contributed by atoms with E-state index in [1.54, 1.807) is 42.5 Å². The number of carbonyl (C=O) groups is 1. The van der Waals surface area contributed by atoms with Crippen molar-refractivity contribution in [3.8, 4) is 5.75 Å². The number of aryl methyl sites for hydroxylation is 1. The standard InChI is InChI=1S/C24H28ClN5O5.ClH/c1-14(2)35-20-9-8-18(12-15(20)3)27-22-28-23(33)29(11-10-19(26)21(31)32)24(34)30(22)13-16-4-6-17(25)7-5-16;/h4-9,12,14,19H,10-11,13,26H2,1-3H3,(H,31,32)(H,27,28,33);1H/t19-;/m0./s1. The van der Waals surface area contributed by atoms with Crippen LogP contribution in [-0.2, 0) is 17.9 Å². The Morgan fingerprint density at radius 2 is 1.83 bits per heavy atom. The van der Waals surface area contributed by atoms with E-state index >= 15 is 0 Å². The molecule has 1 atom stereocenters. The summed E-state index contributed by atoms with van der Waals surface area (Å²) in [6.07, 6.45) is -0.0806. The maximum absolute atomic E-state index is 13.3. The number of benzene rings is 2. The minimum atomic E-state index is -1.21. The Labute approximate surface area is 218 Å². The maximum atomic E-state index is 13.3. The highest BCUT2D eigenvalue weighted by atomic mass is 35.5. The second-order valence-corrected chi connectivity index (χ2v) is 8.80. The predicted molar refractivity (Wildman–Crippen MR) is 140 cm³/mol. The van der Waals surface area contributed by atoms with Gasteiger partial charge in [0.05, 0.1) is 18.3 Å². The third-order valence-corrected chi connectivity index (χ3v) is 5.42. The lowest BCUT2D eigenvalue weighted by Crippen LogP contribution is -2.50. The van der Waals surface area contributed by atoms with E-state index in [0.29, 0.717) is 16.5 Å². The molecule has 0 bridgehead atoms. The minimum Gasteiger partial charge on any atom is -0.491 e. The van der Waals surface area contributed by atoms with Gasteiger partial charge in [-0.2, -0.15) is 0 Å². The molecule has 10 nitrogen and oxygen atoms in total. The summed E-state index contributed by atoms with van der Waals surface area (Å²) < 4.78 is 7.99. The molecule has 0 spiro atoms. The molecule has 1 aromatic heterocycles. The van der Waals surface area contributed by atoms with Crippen molar-refractivity contribution in [2.75, 3.05) is 0 Å². The van der Waals surface area contributed by atoms with Gasteiger partial charge in [-0.3, -0.25) is 14.3 Å². The molecule has 0 amide bonds. The number of aromatic nitrogens is 3. The van der Waals surface area contributed by atoms with Gasteiger partial charge in [0.1, 0.15) is 11.8 Å². The van der Waals surface area contributed by atoms with Crippen molar-refractivity contribution in [1.29, 1.82) is 0 Å². The zero-order chi connectivity index (χ0) is 25.7. The lowest BCUT2D eigenvalue weighted by Gasteiger charge is -2.13. The number of hydrogen-bond acceptors (Lipinski definition) is 6. The lowest BCUT2D eigenvalue weighted by molar-refractivity contribution is -0.138. The van der Waals surface area contributed by atoms with Gasteiger partial charge >= 0.3 is 17.3 Å². The molecular weight excluding hydrogens is 509 g/mol. The van der Waals surface area contributed by atoms with Crippen molar-refractivity contribution in [2.45, 2.75) is 52.4 Å². The summed E-state index contributed by atoms with van der Waals surface area (Å²) in [5.41, 5.74) is 6.37. The van der Waals surface area contributed by atoms with Crippen LogP contribution < -0.4 is 27.5 Å². The molecule has 0 aliphatic carbocycles. The number of hydrogen-bond donors (Lipinski definition) is 3. The smallest absolute Gasteiger partial charge is 0.335 e. The number of carboxylic acids is 1. The molecule has 0 radical (unpaired) electrons. The van der Waals surface area contributed by atoms with Gasteiger partial charge in [0.2, 0.25) is 5.62 Å². The number of aromatic amines is 1. The van der Waals surface area contributed by atoms with Gasteiger partial charge in [-0.15, -0.1) is 12.4 Å². The molecule has 0 aliphatic rings. The summed E-state index contributed by atoms with van der Waals surface area (Å²) >= 11 is 5.98. The number of nitrogens with one attached hydrogen (secondary N) is 1. The van der Waals surface area contributed by atoms with Crippen molar-refractivity contribution >= 4 is 35.7 Å². The van der Waals surface area contributed by atoms with Crippen LogP contribution in [0.15, 0.2) is 57.0 Å². The highest BCUT2D eigenvalue weighted by Gasteiger charge is 2.15. The summed E-state index contributed by atoms with van der Waals surface area (Å²) in [4.78, 5) is 44.3. The van der Waals surface area contributed by atoms with Crippen LogP contribution in [0.25, 0.3) is 0 Å². The van der Waals surface area contributed by atoms with Crippen molar-refractivity contribution in [2.24, 2.45) is 10.7 Å². The number of ether oxygens (including phenoxy) is 1. The fourth-order valence-corrected chi connectivity index (χ4v) is 3.48. The molecule has 0 saturated heterocycles. The average molecular weight is 538 g/mol. The van der Waals surface area contributed by atoms with Crippen molar-refractivity contribution in [3.63, 3.8) is 0 Å². The monoisotopic (exact) mass is 537 g/mol. The SMILES string of the molecule is Cc1cc(/N=c2/[nH]c(=O)n(CC[C@H](N)C(=O)O)c(=O)n2Cc2ccc(Cl)cc2)ccc1OC(C)C.Cl. The first-order valence-corrected chi connectivity index (χ1v) is 11.4. The first kappa shape index (κ1) is 28.9. The molecule has 1 heterocycles. The summed E-state index contributed by atoms with van der Waals surface area (Å²) in [7, 11) is 0. The van der Waals surface area contributed by atoms with Crippen LogP contribution in [0.1, 0.15) is 31.4 Å². The molecule has 0 fully saturated rings.